The maximum absolute atomic E-state index is 12.8. The average Bonchev–Trinajstić information content (AvgIpc) is 3.30. The van der Waals surface area contributed by atoms with Crippen molar-refractivity contribution in [3.05, 3.63) is 41.2 Å². The van der Waals surface area contributed by atoms with E-state index in [2.05, 4.69) is 31.0 Å². The predicted molar refractivity (Wildman–Crippen MR) is 104 cm³/mol. The van der Waals surface area contributed by atoms with Crippen LogP contribution in [-0.2, 0) is 29.2 Å². The highest BCUT2D eigenvalue weighted by Crippen LogP contribution is 2.30. The van der Waals surface area contributed by atoms with E-state index in [-0.39, 0.29) is 23.8 Å². The van der Waals surface area contributed by atoms with Crippen LogP contribution in [0.3, 0.4) is 0 Å². The lowest BCUT2D eigenvalue weighted by atomic mass is 10.2. The summed E-state index contributed by atoms with van der Waals surface area (Å²) >= 11 is 2.30. The molecule has 0 unspecified atom stereocenters. The number of hydrogen-bond donors (Lipinski definition) is 2. The van der Waals surface area contributed by atoms with E-state index in [0.717, 1.165) is 23.9 Å². The van der Waals surface area contributed by atoms with Gasteiger partial charge in [0.1, 0.15) is 11.3 Å². The molecule has 0 spiro atoms. The highest BCUT2D eigenvalue weighted by atomic mass is 32.2. The maximum atomic E-state index is 12.8. The molecule has 2 heterocycles. The monoisotopic (exact) mass is 457 g/mol. The quantitative estimate of drug-likeness (QED) is 0.524. The number of hydrogen-bond acceptors (Lipinski definition) is 8. The smallest absolute Gasteiger partial charge is 0.326 e. The number of alkyl halides is 3. The normalized spacial score (nSPS) is 11.3. The number of nitrogens with one attached hydrogen (secondary N) is 2. The van der Waals surface area contributed by atoms with Gasteiger partial charge < -0.3 is 9.88 Å². The molecule has 0 aliphatic heterocycles. The fraction of sp³-hybridized carbons (Fsp3) is 0.250. The molecule has 14 heteroatoms. The first-order chi connectivity index (χ1) is 14.2. The fourth-order valence-corrected chi connectivity index (χ4v) is 3.45. The van der Waals surface area contributed by atoms with Crippen LogP contribution >= 0.6 is 23.1 Å². The van der Waals surface area contributed by atoms with Gasteiger partial charge in [0.05, 0.1) is 17.7 Å². The summed E-state index contributed by atoms with van der Waals surface area (Å²) in [6.07, 6.45) is -4.70. The van der Waals surface area contributed by atoms with E-state index in [1.165, 1.54) is 33.5 Å². The van der Waals surface area contributed by atoms with Gasteiger partial charge in [-0.25, -0.2) is 0 Å². The third kappa shape index (κ3) is 5.76. The van der Waals surface area contributed by atoms with Gasteiger partial charge in [0, 0.05) is 12.7 Å². The van der Waals surface area contributed by atoms with E-state index in [9.17, 15) is 22.8 Å². The molecule has 0 radical (unpaired) electrons. The zero-order valence-corrected chi connectivity index (χ0v) is 16.9. The molecule has 0 fully saturated rings. The molecule has 0 aliphatic rings. The van der Waals surface area contributed by atoms with Crippen molar-refractivity contribution in [1.29, 1.82) is 0 Å². The summed E-state index contributed by atoms with van der Waals surface area (Å²) in [6, 6.07) is 4.35. The summed E-state index contributed by atoms with van der Waals surface area (Å²) in [6.45, 7) is 0. The van der Waals surface area contributed by atoms with Crippen LogP contribution in [0, 0.1) is 0 Å². The molecule has 0 aliphatic carbocycles. The number of amides is 2. The SMILES string of the molecule is Cn1c(CC(=O)Nc2cccc(C(F)(F)F)c2)nnc1SCC(=O)Nc1nncs1. The number of benzene rings is 1. The Morgan fingerprint density at radius 1 is 1.17 bits per heavy atom. The van der Waals surface area contributed by atoms with E-state index >= 15 is 0 Å². The van der Waals surface area contributed by atoms with Crippen LogP contribution < -0.4 is 10.6 Å². The van der Waals surface area contributed by atoms with Crippen LogP contribution in [0.1, 0.15) is 11.4 Å². The summed E-state index contributed by atoms with van der Waals surface area (Å²) in [7, 11) is 1.62. The average molecular weight is 457 g/mol. The highest BCUT2D eigenvalue weighted by molar-refractivity contribution is 7.99. The second kappa shape index (κ2) is 9.21. The highest BCUT2D eigenvalue weighted by Gasteiger charge is 2.30. The van der Waals surface area contributed by atoms with Gasteiger partial charge in [0.2, 0.25) is 16.9 Å². The Hall–Kier alpha value is -3.00. The Morgan fingerprint density at radius 2 is 1.97 bits per heavy atom. The van der Waals surface area contributed by atoms with Crippen LogP contribution in [0.2, 0.25) is 0 Å². The van der Waals surface area contributed by atoms with Crippen molar-refractivity contribution >= 4 is 45.7 Å². The molecule has 0 atom stereocenters. The summed E-state index contributed by atoms with van der Waals surface area (Å²) in [4.78, 5) is 24.1. The van der Waals surface area contributed by atoms with Gasteiger partial charge >= 0.3 is 6.18 Å². The molecule has 3 rings (SSSR count). The van der Waals surface area contributed by atoms with Crippen molar-refractivity contribution in [2.24, 2.45) is 7.05 Å². The van der Waals surface area contributed by atoms with Crippen LogP contribution in [0.25, 0.3) is 0 Å². The van der Waals surface area contributed by atoms with Crippen molar-refractivity contribution in [2.75, 3.05) is 16.4 Å². The fourth-order valence-electron chi connectivity index (χ4n) is 2.26. The number of carbonyl (C=O) groups excluding carboxylic acids is 2. The third-order valence-electron chi connectivity index (χ3n) is 3.66. The van der Waals surface area contributed by atoms with Gasteiger partial charge in [0.25, 0.3) is 0 Å². The number of thioether (sulfide) groups is 1. The Bertz CT molecular complexity index is 1040. The van der Waals surface area contributed by atoms with E-state index in [1.54, 1.807) is 7.05 Å². The first-order valence-electron chi connectivity index (χ1n) is 8.26. The molecule has 1 aromatic carbocycles. The van der Waals surface area contributed by atoms with E-state index in [0.29, 0.717) is 16.1 Å². The molecule has 2 N–H and O–H groups in total. The summed E-state index contributed by atoms with van der Waals surface area (Å²) < 4.78 is 39.9. The molecular formula is C16H14F3N7O2S2. The molecule has 2 aromatic heterocycles. The standard InChI is InChI=1S/C16H14F3N7O2S2/c1-26-11(6-12(27)21-10-4-2-3-9(5-10)16(17,18)19)23-25-15(26)29-7-13(28)22-14-24-20-8-30-14/h2-5,8H,6-7H2,1H3,(H,21,27)(H,22,24,28). The predicted octanol–water partition coefficient (Wildman–Crippen LogP) is 2.60. The van der Waals surface area contributed by atoms with Gasteiger partial charge in [-0.15, -0.1) is 20.4 Å². The summed E-state index contributed by atoms with van der Waals surface area (Å²) in [5.41, 5.74) is 0.659. The summed E-state index contributed by atoms with van der Waals surface area (Å²) in [5, 5.41) is 20.9. The minimum Gasteiger partial charge on any atom is -0.326 e. The topological polar surface area (TPSA) is 115 Å². The molecule has 30 heavy (non-hydrogen) atoms. The van der Waals surface area contributed by atoms with Crippen molar-refractivity contribution in [1.82, 2.24) is 25.0 Å². The largest absolute Gasteiger partial charge is 0.416 e. The molecule has 2 amide bonds. The van der Waals surface area contributed by atoms with Crippen molar-refractivity contribution in [2.45, 2.75) is 17.8 Å². The van der Waals surface area contributed by atoms with Crippen LogP contribution in [0.5, 0.6) is 0 Å². The van der Waals surface area contributed by atoms with Crippen molar-refractivity contribution in [3.63, 3.8) is 0 Å². The maximum Gasteiger partial charge on any atom is 0.416 e. The second-order valence-corrected chi connectivity index (χ2v) is 7.62. The van der Waals surface area contributed by atoms with Crippen LogP contribution in [0.4, 0.5) is 24.0 Å². The van der Waals surface area contributed by atoms with E-state index < -0.39 is 17.6 Å². The molecule has 3 aromatic rings. The lowest BCUT2D eigenvalue weighted by Crippen LogP contribution is -2.18. The second-order valence-electron chi connectivity index (χ2n) is 5.84. The van der Waals surface area contributed by atoms with Gasteiger partial charge in [-0.05, 0) is 18.2 Å². The Kier molecular flexibility index (Phi) is 6.66. The van der Waals surface area contributed by atoms with E-state index in [4.69, 9.17) is 0 Å². The third-order valence-corrected chi connectivity index (χ3v) is 5.28. The van der Waals surface area contributed by atoms with Crippen molar-refractivity contribution < 1.29 is 22.8 Å². The Balaban J connectivity index is 1.55. The lowest BCUT2D eigenvalue weighted by molar-refractivity contribution is -0.137. The molecular weight excluding hydrogens is 443 g/mol. The summed E-state index contributed by atoms with van der Waals surface area (Å²) in [5.74, 6) is -0.507. The van der Waals surface area contributed by atoms with Gasteiger partial charge in [-0.1, -0.05) is 29.2 Å². The molecule has 158 valence electrons. The zero-order chi connectivity index (χ0) is 21.7. The molecule has 0 saturated carbocycles. The van der Waals surface area contributed by atoms with Crippen LogP contribution in [0.15, 0.2) is 34.9 Å². The number of halogens is 3. The number of anilines is 2. The Labute approximate surface area is 176 Å². The number of carbonyl (C=O) groups is 2. The van der Waals surface area contributed by atoms with Crippen molar-refractivity contribution in [3.8, 4) is 0 Å². The minimum atomic E-state index is -4.50. The number of rotatable bonds is 7. The molecule has 9 nitrogen and oxygen atoms in total. The van der Waals surface area contributed by atoms with Gasteiger partial charge in [-0.2, -0.15) is 13.2 Å². The minimum absolute atomic E-state index is 0.0277. The first-order valence-corrected chi connectivity index (χ1v) is 10.1. The zero-order valence-electron chi connectivity index (χ0n) is 15.3. The van der Waals surface area contributed by atoms with Gasteiger partial charge in [-0.3, -0.25) is 14.9 Å². The molecule has 0 bridgehead atoms. The van der Waals surface area contributed by atoms with Crippen LogP contribution in [-0.4, -0.2) is 42.5 Å². The molecule has 0 saturated heterocycles. The number of nitrogens with zero attached hydrogens (tertiary/aromatic N) is 5. The first kappa shape index (κ1) is 21.7. The Morgan fingerprint density at radius 3 is 2.67 bits per heavy atom. The van der Waals surface area contributed by atoms with Gasteiger partial charge in [0.15, 0.2) is 5.16 Å². The number of aromatic nitrogens is 5. The lowest BCUT2D eigenvalue weighted by Gasteiger charge is -2.10. The van der Waals surface area contributed by atoms with E-state index in [1.807, 2.05) is 0 Å².